The van der Waals surface area contributed by atoms with E-state index in [2.05, 4.69) is 0 Å². The Hall–Kier alpha value is -4.35. The van der Waals surface area contributed by atoms with Gasteiger partial charge in [0.15, 0.2) is 33.0 Å². The van der Waals surface area contributed by atoms with E-state index in [1.54, 1.807) is 0 Å². The molecule has 3 aromatic carbocycles. The molecule has 18 heteroatoms. The van der Waals surface area contributed by atoms with Crippen molar-refractivity contribution in [2.45, 2.75) is 28.5 Å². The zero-order chi connectivity index (χ0) is 37.6. The summed E-state index contributed by atoms with van der Waals surface area (Å²) in [5.41, 5.74) is -1.66. The molecule has 2 heterocycles. The summed E-state index contributed by atoms with van der Waals surface area (Å²) in [7, 11) is -1.94. The third-order valence-corrected chi connectivity index (χ3v) is 11.6. The van der Waals surface area contributed by atoms with Gasteiger partial charge in [0, 0.05) is 11.5 Å². The Morgan fingerprint density at radius 3 is 2.13 bits per heavy atom. The van der Waals surface area contributed by atoms with Gasteiger partial charge < -0.3 is 19.9 Å². The van der Waals surface area contributed by atoms with Gasteiger partial charge in [-0.2, -0.15) is 0 Å². The van der Waals surface area contributed by atoms with E-state index in [4.69, 9.17) is 27.9 Å². The van der Waals surface area contributed by atoms with Crippen LogP contribution in [0.2, 0.25) is 0 Å². The Morgan fingerprint density at radius 2 is 1.48 bits per heavy atom. The summed E-state index contributed by atoms with van der Waals surface area (Å²) in [5, 5.41) is 28.9. The third kappa shape index (κ3) is 4.80. The molecule has 3 fully saturated rings. The number of hydrogen-bond donors (Lipinski definition) is 3. The van der Waals surface area contributed by atoms with Crippen LogP contribution in [-0.4, -0.2) is 68.9 Å². The van der Waals surface area contributed by atoms with Gasteiger partial charge in [-0.05, 0) is 42.4 Å². The lowest BCUT2D eigenvalue weighted by Crippen LogP contribution is -2.60. The fraction of sp³-hybridized carbons (Fsp3) is 0.294. The van der Waals surface area contributed by atoms with Crippen LogP contribution in [0.4, 0.5) is 33.3 Å². The molecule has 2 aliphatic carbocycles. The van der Waals surface area contributed by atoms with Gasteiger partial charge in [0.25, 0.3) is 11.8 Å². The molecule has 7 rings (SSSR count). The van der Waals surface area contributed by atoms with Crippen LogP contribution in [0.25, 0.3) is 0 Å². The van der Waals surface area contributed by atoms with E-state index in [1.165, 1.54) is 54.6 Å². The standard InChI is InChI=1S/C34H24BCl2F5N2O8/c36-33-13-19-16(8-9-18-21(19)30(47)43(29(18)46)15-5-3-4-14(12-15)35(50)51)22(17-6-1-2-7-20(17)52-11-10-45)34(33,37)32(49)44(31(33)48)28-26(41)24(39)23(38)25(40)27(28)42/h1-8,12,18-19,21-22,45,50-51H,9-11,13H2/t18-,19+,21-,22+,33+,34-/m0/s1. The van der Waals surface area contributed by atoms with Crippen LogP contribution in [0.5, 0.6) is 5.75 Å². The average Bonchev–Trinajstić information content (AvgIpc) is 3.47. The zero-order valence-electron chi connectivity index (χ0n) is 26.3. The van der Waals surface area contributed by atoms with Crippen LogP contribution >= 0.6 is 23.2 Å². The number of aliphatic hydroxyl groups excluding tert-OH is 1. The maximum absolute atomic E-state index is 15.3. The van der Waals surface area contributed by atoms with E-state index in [9.17, 15) is 47.5 Å². The molecule has 2 saturated heterocycles. The molecule has 52 heavy (non-hydrogen) atoms. The van der Waals surface area contributed by atoms with Crippen LogP contribution in [0.1, 0.15) is 24.3 Å². The highest BCUT2D eigenvalue weighted by molar-refractivity contribution is 6.59. The number of halogens is 7. The zero-order valence-corrected chi connectivity index (χ0v) is 27.8. The van der Waals surface area contributed by atoms with Crippen LogP contribution in [0, 0.1) is 46.8 Å². The number of rotatable bonds is 7. The summed E-state index contributed by atoms with van der Waals surface area (Å²) in [4.78, 5) is 52.1. The number of fused-ring (bicyclic) bond motifs is 4. The summed E-state index contributed by atoms with van der Waals surface area (Å²) in [6.45, 7) is -0.739. The van der Waals surface area contributed by atoms with Crippen molar-refractivity contribution in [3.8, 4) is 5.75 Å². The van der Waals surface area contributed by atoms with Gasteiger partial charge in [0.2, 0.25) is 17.6 Å². The maximum atomic E-state index is 15.3. The molecule has 0 radical (unpaired) electrons. The molecule has 1 saturated carbocycles. The van der Waals surface area contributed by atoms with Crippen molar-refractivity contribution in [2.75, 3.05) is 23.0 Å². The predicted molar refractivity (Wildman–Crippen MR) is 174 cm³/mol. The number of carbonyl (C=O) groups excluding carboxylic acids is 4. The smallest absolute Gasteiger partial charge is 0.488 e. The lowest BCUT2D eigenvalue weighted by molar-refractivity contribution is -0.125. The van der Waals surface area contributed by atoms with Crippen molar-refractivity contribution in [1.29, 1.82) is 0 Å². The number of nitrogens with zero attached hydrogens (tertiary/aromatic N) is 2. The monoisotopic (exact) mass is 764 g/mol. The number of amides is 4. The molecule has 0 aromatic heterocycles. The molecule has 270 valence electrons. The molecular formula is C34H24BCl2F5N2O8. The number of para-hydroxylation sites is 1. The molecule has 10 nitrogen and oxygen atoms in total. The normalized spacial score (nSPS) is 28.2. The maximum Gasteiger partial charge on any atom is 0.488 e. The van der Waals surface area contributed by atoms with Gasteiger partial charge >= 0.3 is 7.12 Å². The number of alkyl halides is 2. The van der Waals surface area contributed by atoms with Crippen molar-refractivity contribution in [1.82, 2.24) is 0 Å². The first-order chi connectivity index (χ1) is 24.6. The highest BCUT2D eigenvalue weighted by Crippen LogP contribution is 2.66. The highest BCUT2D eigenvalue weighted by atomic mass is 35.5. The molecule has 0 bridgehead atoms. The van der Waals surface area contributed by atoms with Gasteiger partial charge in [0.05, 0.1) is 24.1 Å². The number of benzene rings is 3. The van der Waals surface area contributed by atoms with Crippen molar-refractivity contribution in [3.05, 3.63) is 94.8 Å². The summed E-state index contributed by atoms with van der Waals surface area (Å²) in [5.74, 6) is -22.2. The third-order valence-electron chi connectivity index (χ3n) is 10.2. The first kappa shape index (κ1) is 36.0. The molecule has 2 aliphatic heterocycles. The van der Waals surface area contributed by atoms with Crippen LogP contribution in [0.15, 0.2) is 60.2 Å². The molecule has 6 atom stereocenters. The van der Waals surface area contributed by atoms with Gasteiger partial charge in [-0.3, -0.25) is 24.1 Å². The molecule has 3 N–H and O–H groups in total. The first-order valence-electron chi connectivity index (χ1n) is 15.8. The molecule has 4 aliphatic rings. The lowest BCUT2D eigenvalue weighted by Gasteiger charge is -2.50. The summed E-state index contributed by atoms with van der Waals surface area (Å²) in [6, 6.07) is 11.2. The number of carbonyl (C=O) groups is 4. The van der Waals surface area contributed by atoms with Gasteiger partial charge in [0.1, 0.15) is 18.0 Å². The van der Waals surface area contributed by atoms with Gasteiger partial charge in [-0.25, -0.2) is 26.9 Å². The molecule has 3 aromatic rings. The fourth-order valence-corrected chi connectivity index (χ4v) is 8.92. The number of ether oxygens (including phenoxy) is 1. The van der Waals surface area contributed by atoms with Crippen LogP contribution in [0.3, 0.4) is 0 Å². The Bertz CT molecular complexity index is 2100. The summed E-state index contributed by atoms with van der Waals surface area (Å²) in [6.07, 6.45) is 0.711. The minimum Gasteiger partial charge on any atom is -0.491 e. The van der Waals surface area contributed by atoms with Crippen molar-refractivity contribution >= 4 is 70.8 Å². The molecule has 0 unspecified atom stereocenters. The topological polar surface area (TPSA) is 145 Å². The minimum absolute atomic E-state index is 0.00328. The molecular weight excluding hydrogens is 741 g/mol. The highest BCUT2D eigenvalue weighted by Gasteiger charge is 2.77. The van der Waals surface area contributed by atoms with E-state index in [0.717, 1.165) is 4.90 Å². The summed E-state index contributed by atoms with van der Waals surface area (Å²) >= 11 is 14.3. The number of allylic oxidation sites excluding steroid dienone is 2. The van der Waals surface area contributed by atoms with E-state index >= 15 is 8.78 Å². The Balaban J connectivity index is 1.43. The van der Waals surface area contributed by atoms with Crippen molar-refractivity contribution < 1.29 is 61.0 Å². The Kier molecular flexibility index (Phi) is 8.77. The van der Waals surface area contributed by atoms with E-state index < -0.39 is 112 Å². The lowest BCUT2D eigenvalue weighted by atomic mass is 9.56. The Morgan fingerprint density at radius 1 is 0.827 bits per heavy atom. The fourth-order valence-electron chi connectivity index (χ4n) is 8.00. The number of imide groups is 2. The van der Waals surface area contributed by atoms with E-state index in [0.29, 0.717) is 0 Å². The van der Waals surface area contributed by atoms with E-state index in [1.807, 2.05) is 0 Å². The van der Waals surface area contributed by atoms with Crippen LogP contribution < -0.4 is 20.0 Å². The Labute approximate surface area is 301 Å². The van der Waals surface area contributed by atoms with Crippen molar-refractivity contribution in [2.24, 2.45) is 17.8 Å². The summed E-state index contributed by atoms with van der Waals surface area (Å²) < 4.78 is 79.3. The SMILES string of the molecule is O=C1[C@H]2[C@H](CC=C3[C@H]2C[C@@]2(Cl)C(=O)N(c4c(F)c(F)c(F)c(F)c4F)C(=O)[C@@]2(Cl)[C@H]3c2ccccc2OCCO)C(=O)N1c1cccc(B(O)O)c1. The number of hydrogen-bond acceptors (Lipinski definition) is 8. The molecule has 0 spiro atoms. The quantitative estimate of drug-likeness (QED) is 0.0634. The largest absolute Gasteiger partial charge is 0.491 e. The number of aliphatic hydroxyl groups is 1. The van der Waals surface area contributed by atoms with Crippen LogP contribution in [-0.2, 0) is 19.2 Å². The molecule has 4 amide bonds. The second-order valence-electron chi connectivity index (χ2n) is 12.8. The second-order valence-corrected chi connectivity index (χ2v) is 14.0. The minimum atomic E-state index is -2.75. The predicted octanol–water partition coefficient (Wildman–Crippen LogP) is 3.20. The first-order valence-corrected chi connectivity index (χ1v) is 16.5. The second kappa shape index (κ2) is 12.7. The number of anilines is 2. The van der Waals surface area contributed by atoms with Gasteiger partial charge in [-0.15, -0.1) is 23.2 Å². The average molecular weight is 765 g/mol. The van der Waals surface area contributed by atoms with Gasteiger partial charge in [-0.1, -0.05) is 42.0 Å². The van der Waals surface area contributed by atoms with E-state index in [-0.39, 0.29) is 46.0 Å². The van der Waals surface area contributed by atoms with Crippen molar-refractivity contribution in [3.63, 3.8) is 0 Å².